The second-order valence-corrected chi connectivity index (χ2v) is 5.85. The Morgan fingerprint density at radius 2 is 2.18 bits per heavy atom. The van der Waals surface area contributed by atoms with Crippen molar-refractivity contribution in [3.8, 4) is 0 Å². The fraction of sp³-hybridized carbons (Fsp3) is 0.412. The molecule has 0 unspecified atom stereocenters. The molecule has 1 aliphatic rings. The lowest BCUT2D eigenvalue weighted by Crippen LogP contribution is -2.36. The fourth-order valence-corrected chi connectivity index (χ4v) is 3.14. The van der Waals surface area contributed by atoms with E-state index in [1.54, 1.807) is 11.9 Å². The molecule has 0 bridgehead atoms. The Morgan fingerprint density at radius 1 is 1.36 bits per heavy atom. The van der Waals surface area contributed by atoms with E-state index in [0.29, 0.717) is 19.6 Å². The van der Waals surface area contributed by atoms with Crippen LogP contribution in [0, 0.1) is 5.92 Å². The molecule has 22 heavy (non-hydrogen) atoms. The molecule has 5 heteroatoms. The number of benzene rings is 1. The van der Waals surface area contributed by atoms with Crippen LogP contribution < -0.4 is 5.32 Å². The number of carbonyl (C=O) groups is 1. The molecule has 0 saturated carbocycles. The number of likely N-dealkylation sites (N-methyl/N-ethyl adjacent to an activating group) is 1. The van der Waals surface area contributed by atoms with Gasteiger partial charge in [-0.25, -0.2) is 0 Å². The zero-order chi connectivity index (χ0) is 15.5. The molecule has 1 aliphatic heterocycles. The van der Waals surface area contributed by atoms with Crippen LogP contribution in [0.2, 0.25) is 0 Å². The largest absolute Gasteiger partial charge is 0.391 e. The lowest BCUT2D eigenvalue weighted by Gasteiger charge is -2.16. The molecule has 2 aromatic rings. The summed E-state index contributed by atoms with van der Waals surface area (Å²) in [6, 6.07) is 10.0. The van der Waals surface area contributed by atoms with Crippen LogP contribution in [-0.2, 0) is 11.2 Å². The highest BCUT2D eigenvalue weighted by atomic mass is 16.3. The number of amides is 1. The van der Waals surface area contributed by atoms with Gasteiger partial charge in [-0.1, -0.05) is 18.2 Å². The van der Waals surface area contributed by atoms with Gasteiger partial charge >= 0.3 is 0 Å². The monoisotopic (exact) mass is 299 g/mol. The van der Waals surface area contributed by atoms with Gasteiger partial charge in [0.2, 0.25) is 5.91 Å². The van der Waals surface area contributed by atoms with Crippen molar-refractivity contribution in [3.05, 3.63) is 42.1 Å². The van der Waals surface area contributed by atoms with Gasteiger partial charge in [-0.05, 0) is 31.2 Å². The molecule has 0 radical (unpaired) electrons. The van der Waals surface area contributed by atoms with E-state index in [9.17, 15) is 9.90 Å². The minimum Gasteiger partial charge on any atom is -0.391 e. The Labute approximate surface area is 130 Å². The van der Waals surface area contributed by atoms with E-state index in [1.165, 1.54) is 5.56 Å². The van der Waals surface area contributed by atoms with Crippen molar-refractivity contribution < 1.29 is 9.90 Å². The Hall–Kier alpha value is -1.98. The van der Waals surface area contributed by atoms with Crippen LogP contribution in [0.25, 0.3) is 10.9 Å². The Kier molecular flexibility index (Phi) is 4.36. The molecule has 0 spiro atoms. The van der Waals surface area contributed by atoms with E-state index in [4.69, 9.17) is 0 Å². The van der Waals surface area contributed by atoms with Crippen LogP contribution in [0.5, 0.6) is 0 Å². The summed E-state index contributed by atoms with van der Waals surface area (Å²) >= 11 is 0. The van der Waals surface area contributed by atoms with Gasteiger partial charge in [0.05, 0.1) is 18.2 Å². The predicted octanol–water partition coefficient (Wildman–Crippen LogP) is 0.816. The van der Waals surface area contributed by atoms with Crippen LogP contribution in [-0.4, -0.2) is 53.7 Å². The van der Waals surface area contributed by atoms with Gasteiger partial charge in [-0.3, -0.25) is 9.78 Å². The lowest BCUT2D eigenvalue weighted by atomic mass is 9.94. The summed E-state index contributed by atoms with van der Waals surface area (Å²) in [5.74, 6) is 0.121. The van der Waals surface area contributed by atoms with Crippen molar-refractivity contribution in [1.29, 1.82) is 0 Å². The average molecular weight is 299 g/mol. The normalized spacial score (nSPS) is 21.5. The number of para-hydroxylation sites is 1. The molecule has 2 N–H and O–H groups in total. The van der Waals surface area contributed by atoms with Gasteiger partial charge in [0, 0.05) is 30.6 Å². The van der Waals surface area contributed by atoms with E-state index in [1.807, 2.05) is 30.5 Å². The molecule has 116 valence electrons. The predicted molar refractivity (Wildman–Crippen MR) is 85.5 cm³/mol. The third kappa shape index (κ3) is 2.96. The maximum absolute atomic E-state index is 11.9. The highest BCUT2D eigenvalue weighted by Gasteiger charge is 2.33. The fourth-order valence-electron chi connectivity index (χ4n) is 3.14. The molecular formula is C17H21N3O2. The summed E-state index contributed by atoms with van der Waals surface area (Å²) in [4.78, 5) is 18.1. The Balaban J connectivity index is 1.76. The number of hydrogen-bond donors (Lipinski definition) is 2. The number of pyridine rings is 1. The van der Waals surface area contributed by atoms with E-state index >= 15 is 0 Å². The van der Waals surface area contributed by atoms with Crippen molar-refractivity contribution >= 4 is 16.8 Å². The van der Waals surface area contributed by atoms with Crippen LogP contribution in [0.1, 0.15) is 5.56 Å². The first-order valence-corrected chi connectivity index (χ1v) is 7.62. The minimum atomic E-state index is -0.465. The lowest BCUT2D eigenvalue weighted by molar-refractivity contribution is -0.129. The maximum atomic E-state index is 11.9. The number of nitrogens with one attached hydrogen (secondary N) is 1. The summed E-state index contributed by atoms with van der Waals surface area (Å²) in [6.07, 6.45) is 2.10. The number of rotatable bonds is 4. The molecule has 1 amide bonds. The van der Waals surface area contributed by atoms with E-state index in [2.05, 4.69) is 16.4 Å². The maximum Gasteiger partial charge on any atom is 0.236 e. The smallest absolute Gasteiger partial charge is 0.236 e. The van der Waals surface area contributed by atoms with E-state index in [0.717, 1.165) is 17.3 Å². The molecule has 2 atom stereocenters. The van der Waals surface area contributed by atoms with E-state index in [-0.39, 0.29) is 11.8 Å². The van der Waals surface area contributed by atoms with Crippen molar-refractivity contribution in [1.82, 2.24) is 15.2 Å². The van der Waals surface area contributed by atoms with Crippen molar-refractivity contribution in [2.24, 2.45) is 5.92 Å². The zero-order valence-electron chi connectivity index (χ0n) is 12.7. The quantitative estimate of drug-likeness (QED) is 0.877. The molecule has 2 heterocycles. The number of aliphatic hydroxyl groups excluding tert-OH is 1. The molecule has 1 aromatic carbocycles. The van der Waals surface area contributed by atoms with Crippen LogP contribution in [0.3, 0.4) is 0 Å². The van der Waals surface area contributed by atoms with Crippen LogP contribution in [0.4, 0.5) is 0 Å². The summed E-state index contributed by atoms with van der Waals surface area (Å²) in [5.41, 5.74) is 2.15. The molecular weight excluding hydrogens is 278 g/mol. The molecule has 3 rings (SSSR count). The van der Waals surface area contributed by atoms with Gasteiger partial charge in [0.15, 0.2) is 0 Å². The number of aromatic nitrogens is 1. The zero-order valence-corrected chi connectivity index (χ0v) is 12.7. The molecule has 1 fully saturated rings. The molecule has 0 aliphatic carbocycles. The second kappa shape index (κ2) is 6.42. The standard InChI is InChI=1S/C17H21N3O2/c1-18-9-17(22)20-10-13(16(21)11-20)8-12-6-7-19-15-5-3-2-4-14(12)15/h2-7,13,16,18,21H,8-11H2,1H3/t13-,16+/m1/s1. The van der Waals surface area contributed by atoms with Gasteiger partial charge in [0.25, 0.3) is 0 Å². The second-order valence-electron chi connectivity index (χ2n) is 5.85. The first-order chi connectivity index (χ1) is 10.7. The van der Waals surface area contributed by atoms with Gasteiger partial charge in [0.1, 0.15) is 0 Å². The summed E-state index contributed by atoms with van der Waals surface area (Å²) < 4.78 is 0. The number of nitrogens with zero attached hydrogens (tertiary/aromatic N) is 2. The van der Waals surface area contributed by atoms with Crippen LogP contribution in [0.15, 0.2) is 36.5 Å². The number of fused-ring (bicyclic) bond motifs is 1. The summed E-state index contributed by atoms with van der Waals surface area (Å²) in [7, 11) is 1.75. The number of hydrogen-bond acceptors (Lipinski definition) is 4. The first-order valence-electron chi connectivity index (χ1n) is 7.62. The molecule has 1 saturated heterocycles. The number of aliphatic hydroxyl groups is 1. The van der Waals surface area contributed by atoms with Crippen LogP contribution >= 0.6 is 0 Å². The minimum absolute atomic E-state index is 0.0450. The molecule has 5 nitrogen and oxygen atoms in total. The SMILES string of the molecule is CNCC(=O)N1C[C@@H](Cc2ccnc3ccccc23)[C@@H](O)C1. The van der Waals surface area contributed by atoms with Crippen molar-refractivity contribution in [2.75, 3.05) is 26.7 Å². The summed E-state index contributed by atoms with van der Waals surface area (Å²) in [5, 5.41) is 14.3. The number of likely N-dealkylation sites (tertiary alicyclic amines) is 1. The third-order valence-corrected chi connectivity index (χ3v) is 4.31. The van der Waals surface area contributed by atoms with Crippen molar-refractivity contribution in [2.45, 2.75) is 12.5 Å². The Morgan fingerprint density at radius 3 is 3.00 bits per heavy atom. The summed E-state index contributed by atoms with van der Waals surface area (Å²) in [6.45, 7) is 1.35. The average Bonchev–Trinajstić information content (AvgIpc) is 2.89. The van der Waals surface area contributed by atoms with Crippen molar-refractivity contribution in [3.63, 3.8) is 0 Å². The third-order valence-electron chi connectivity index (χ3n) is 4.31. The van der Waals surface area contributed by atoms with Gasteiger partial charge in [-0.2, -0.15) is 0 Å². The van der Waals surface area contributed by atoms with Gasteiger partial charge in [-0.15, -0.1) is 0 Å². The molecule has 1 aromatic heterocycles. The Bertz CT molecular complexity index is 669. The van der Waals surface area contributed by atoms with Gasteiger partial charge < -0.3 is 15.3 Å². The van der Waals surface area contributed by atoms with E-state index < -0.39 is 6.10 Å². The first kappa shape index (κ1) is 14.9. The topological polar surface area (TPSA) is 65.5 Å². The number of β-amino-alcohol motifs (C(OH)–C–C–N with tert-alkyl or cyclic N) is 1. The highest BCUT2D eigenvalue weighted by molar-refractivity contribution is 5.82. The highest BCUT2D eigenvalue weighted by Crippen LogP contribution is 2.25. The number of carbonyl (C=O) groups excluding carboxylic acids is 1.